The Morgan fingerprint density at radius 3 is 0.892 bits per heavy atom. The Hall–Kier alpha value is 0.420. The number of unbranched alkanes of at least 4 members (excludes halogenated alkanes) is 18. The van der Waals surface area contributed by atoms with Crippen LogP contribution >= 0.6 is 0 Å². The van der Waals surface area contributed by atoms with E-state index in [1.165, 1.54) is 142 Å². The maximum absolute atomic E-state index is 10.8. The second-order valence-corrected chi connectivity index (χ2v) is 12.7. The van der Waals surface area contributed by atoms with Crippen LogP contribution in [0.3, 0.4) is 0 Å². The summed E-state index contributed by atoms with van der Waals surface area (Å²) in [5.74, 6) is 0. The summed E-state index contributed by atoms with van der Waals surface area (Å²) in [5.41, 5.74) is 0. The first-order valence-corrected chi connectivity index (χ1v) is 15.5. The number of rotatable bonds is 26. The van der Waals surface area contributed by atoms with Crippen molar-refractivity contribution in [2.24, 2.45) is 0 Å². The lowest BCUT2D eigenvalue weighted by Crippen LogP contribution is -3.00. The normalized spacial score (nSPS) is 11.7. The molecule has 0 bridgehead atoms. The van der Waals surface area contributed by atoms with E-state index in [9.17, 15) is 5.11 Å². The van der Waals surface area contributed by atoms with Crippen molar-refractivity contribution in [3.05, 3.63) is 0 Å². The molecule has 0 aromatic rings. The van der Waals surface area contributed by atoms with Crippen LogP contribution in [-0.4, -0.2) is 80.0 Å². The van der Waals surface area contributed by atoms with Gasteiger partial charge in [0.05, 0.1) is 41.3 Å². The third kappa shape index (κ3) is 32.5. The van der Waals surface area contributed by atoms with Crippen molar-refractivity contribution in [2.75, 3.05) is 54.4 Å². The zero-order chi connectivity index (χ0) is 25.5. The van der Waals surface area contributed by atoms with Crippen LogP contribution in [0.15, 0.2) is 0 Å². The second-order valence-electron chi connectivity index (χ2n) is 12.7. The lowest BCUT2D eigenvalue weighted by atomic mass is 10.1. The van der Waals surface area contributed by atoms with Crippen molar-refractivity contribution < 1.29 is 44.4 Å². The number of quaternary nitrogens is 2. The van der Waals surface area contributed by atoms with Crippen LogP contribution in [0.25, 0.3) is 0 Å². The fourth-order valence-electron chi connectivity index (χ4n) is 5.44. The largest absolute Gasteiger partial charge is 1.00 e. The summed E-state index contributed by atoms with van der Waals surface area (Å²) >= 11 is 0. The van der Waals surface area contributed by atoms with Gasteiger partial charge in [0.2, 0.25) is 0 Å². The predicted octanol–water partition coefficient (Wildman–Crippen LogP) is 1.53. The van der Waals surface area contributed by atoms with E-state index >= 15 is 0 Å². The molecule has 0 amide bonds. The minimum atomic E-state index is -0.198. The fraction of sp³-hybridized carbons (Fsp3) is 1.00. The first-order valence-electron chi connectivity index (χ1n) is 15.5. The summed E-state index contributed by atoms with van der Waals surface area (Å²) in [4.78, 5) is 0. The van der Waals surface area contributed by atoms with E-state index in [0.717, 1.165) is 22.1 Å². The zero-order valence-electron chi connectivity index (χ0n) is 26.1. The van der Waals surface area contributed by atoms with Gasteiger partial charge in [-0.2, -0.15) is 0 Å². The smallest absolute Gasteiger partial charge is 0.152 e. The molecule has 0 saturated carbocycles. The molecule has 0 aromatic carbocycles. The highest BCUT2D eigenvalue weighted by atomic mass is 35.5. The minimum Gasteiger partial charge on any atom is -1.00 e. The third-order valence-electron chi connectivity index (χ3n) is 7.64. The number of hydrogen-bond acceptors (Lipinski definition) is 1. The molecule has 0 aliphatic rings. The van der Waals surface area contributed by atoms with Crippen molar-refractivity contribution in [1.29, 1.82) is 0 Å². The van der Waals surface area contributed by atoms with Crippen molar-refractivity contribution in [1.82, 2.24) is 0 Å². The molecule has 4 nitrogen and oxygen atoms in total. The molecule has 0 fully saturated rings. The SMILES string of the molecule is CCCCCCCCCCCC[N+](C)(C)CC(O)C[N+](C)(C)CCCCCCCCCCCC.O.[Cl-].[Cl-]. The van der Waals surface area contributed by atoms with E-state index in [1.54, 1.807) is 0 Å². The third-order valence-corrected chi connectivity index (χ3v) is 7.64. The molecule has 0 aromatic heterocycles. The fourth-order valence-corrected chi connectivity index (χ4v) is 5.44. The van der Waals surface area contributed by atoms with Gasteiger partial charge in [0.25, 0.3) is 0 Å². The van der Waals surface area contributed by atoms with Gasteiger partial charge in [-0.05, 0) is 25.7 Å². The van der Waals surface area contributed by atoms with E-state index in [1.807, 2.05) is 0 Å². The van der Waals surface area contributed by atoms with Crippen LogP contribution in [-0.2, 0) is 0 Å². The van der Waals surface area contributed by atoms with Crippen LogP contribution in [0.4, 0.5) is 0 Å². The van der Waals surface area contributed by atoms with Crippen LogP contribution < -0.4 is 24.8 Å². The second kappa shape index (κ2) is 29.4. The zero-order valence-corrected chi connectivity index (χ0v) is 27.7. The lowest BCUT2D eigenvalue weighted by molar-refractivity contribution is -0.914. The Kier molecular flexibility index (Phi) is 35.3. The highest BCUT2D eigenvalue weighted by Crippen LogP contribution is 2.14. The maximum Gasteiger partial charge on any atom is 0.152 e. The van der Waals surface area contributed by atoms with E-state index in [0.29, 0.717) is 0 Å². The van der Waals surface area contributed by atoms with Gasteiger partial charge in [0, 0.05) is 0 Å². The van der Waals surface area contributed by atoms with Crippen molar-refractivity contribution in [3.8, 4) is 0 Å². The molecular weight excluding hydrogens is 503 g/mol. The maximum atomic E-state index is 10.8. The highest BCUT2D eigenvalue weighted by Gasteiger charge is 2.26. The van der Waals surface area contributed by atoms with E-state index in [2.05, 4.69) is 42.0 Å². The van der Waals surface area contributed by atoms with Gasteiger partial charge < -0.3 is 44.4 Å². The van der Waals surface area contributed by atoms with Gasteiger partial charge in [-0.3, -0.25) is 0 Å². The minimum absolute atomic E-state index is 0. The molecule has 0 rings (SSSR count). The number of nitrogens with zero attached hydrogens (tertiary/aromatic N) is 2. The van der Waals surface area contributed by atoms with Crippen molar-refractivity contribution >= 4 is 0 Å². The molecule has 230 valence electrons. The molecule has 3 N–H and O–H groups in total. The Morgan fingerprint density at radius 1 is 0.432 bits per heavy atom. The van der Waals surface area contributed by atoms with Crippen molar-refractivity contribution in [3.63, 3.8) is 0 Å². The summed E-state index contributed by atoms with van der Waals surface area (Å²) in [5, 5.41) is 10.8. The number of aliphatic hydroxyl groups is 1. The molecule has 37 heavy (non-hydrogen) atoms. The van der Waals surface area contributed by atoms with Crippen LogP contribution in [0.2, 0.25) is 0 Å². The van der Waals surface area contributed by atoms with Crippen LogP contribution in [0.1, 0.15) is 142 Å². The first-order chi connectivity index (χ1) is 16.2. The lowest BCUT2D eigenvalue weighted by Gasteiger charge is -2.36. The molecule has 6 heteroatoms. The standard InChI is InChI=1S/C31H68N2O.2ClH.H2O/c1-7-9-11-13-15-17-19-21-23-25-27-32(3,4)29-31(34)30-33(5,6)28-26-24-22-20-18-16-14-12-10-8-2;;;/h31,34H,7-30H2,1-6H3;2*1H;1H2/q+2;;;/p-2. The summed E-state index contributed by atoms with van der Waals surface area (Å²) < 4.78 is 1.91. The van der Waals surface area contributed by atoms with Crippen LogP contribution in [0.5, 0.6) is 0 Å². The Bertz CT molecular complexity index is 399. The molecule has 0 aliphatic heterocycles. The average Bonchev–Trinajstić information content (AvgIpc) is 2.75. The number of likely N-dealkylation sites (N-methyl/N-ethyl adjacent to an activating group) is 2. The molecule has 0 atom stereocenters. The summed E-state index contributed by atoms with van der Waals surface area (Å²) in [7, 11) is 9.22. The van der Waals surface area contributed by atoms with Crippen molar-refractivity contribution in [2.45, 2.75) is 148 Å². The average molecular weight is 574 g/mol. The van der Waals surface area contributed by atoms with Gasteiger partial charge >= 0.3 is 0 Å². The number of aliphatic hydroxyl groups excluding tert-OH is 1. The molecule has 0 unspecified atom stereocenters. The molecule has 0 saturated heterocycles. The van der Waals surface area contributed by atoms with Gasteiger partial charge in [-0.15, -0.1) is 0 Å². The summed E-state index contributed by atoms with van der Waals surface area (Å²) in [6.45, 7) is 8.74. The van der Waals surface area contributed by atoms with Crippen LogP contribution in [0, 0.1) is 0 Å². The Labute approximate surface area is 246 Å². The monoisotopic (exact) mass is 572 g/mol. The topological polar surface area (TPSA) is 51.7 Å². The van der Waals surface area contributed by atoms with E-state index < -0.39 is 0 Å². The quantitative estimate of drug-likeness (QED) is 0.124. The highest BCUT2D eigenvalue weighted by molar-refractivity contribution is 4.55. The molecule has 0 spiro atoms. The Balaban J connectivity index is -0.00000181. The van der Waals surface area contributed by atoms with Gasteiger partial charge in [-0.1, -0.05) is 117 Å². The molecule has 0 radical (unpaired) electrons. The van der Waals surface area contributed by atoms with Gasteiger partial charge in [-0.25, -0.2) is 0 Å². The number of halogens is 2. The summed E-state index contributed by atoms with van der Waals surface area (Å²) in [6.07, 6.45) is 27.7. The molecule has 0 heterocycles. The number of hydrogen-bond donors (Lipinski definition) is 1. The van der Waals surface area contributed by atoms with Gasteiger partial charge in [0.15, 0.2) is 6.10 Å². The molecule has 0 aliphatic carbocycles. The Morgan fingerprint density at radius 2 is 0.649 bits per heavy atom. The van der Waals surface area contributed by atoms with Gasteiger partial charge in [0.1, 0.15) is 13.1 Å². The molecular formula is C31H70Cl2N2O2. The predicted molar refractivity (Wildman–Crippen MR) is 157 cm³/mol. The van der Waals surface area contributed by atoms with E-state index in [4.69, 9.17) is 0 Å². The first kappa shape index (κ1) is 44.4. The van der Waals surface area contributed by atoms with E-state index in [-0.39, 0.29) is 36.4 Å². The summed E-state index contributed by atoms with van der Waals surface area (Å²) in [6, 6.07) is 0.